The van der Waals surface area contributed by atoms with Crippen LogP contribution < -0.4 is 10.6 Å². The molecule has 0 unspecified atom stereocenters. The van der Waals surface area contributed by atoms with Crippen LogP contribution in [0.5, 0.6) is 0 Å². The third-order valence-corrected chi connectivity index (χ3v) is 3.07. The molecular weight excluding hydrogens is 262 g/mol. The predicted octanol–water partition coefficient (Wildman–Crippen LogP) is 3.53. The summed E-state index contributed by atoms with van der Waals surface area (Å²) in [5.74, 6) is -0.149. The van der Waals surface area contributed by atoms with E-state index in [0.29, 0.717) is 5.69 Å². The van der Waals surface area contributed by atoms with Crippen LogP contribution in [-0.4, -0.2) is 16.9 Å². The van der Waals surface area contributed by atoms with Crippen molar-refractivity contribution in [3.63, 3.8) is 0 Å². The van der Waals surface area contributed by atoms with Crippen LogP contribution in [0.1, 0.15) is 36.8 Å². The molecule has 0 spiro atoms. The minimum Gasteiger partial charge on any atom is -0.354 e. The van der Waals surface area contributed by atoms with Gasteiger partial charge in [0.1, 0.15) is 5.69 Å². The molecule has 1 aromatic heterocycles. The largest absolute Gasteiger partial charge is 0.354 e. The molecule has 0 aliphatic carbocycles. The molecular formula is C17H21N3O. The summed E-state index contributed by atoms with van der Waals surface area (Å²) in [5, 5.41) is 6.09. The van der Waals surface area contributed by atoms with Crippen LogP contribution in [-0.2, 0) is 6.42 Å². The van der Waals surface area contributed by atoms with Crippen LogP contribution in [0, 0.1) is 0 Å². The van der Waals surface area contributed by atoms with E-state index >= 15 is 0 Å². The molecule has 0 aliphatic heterocycles. The van der Waals surface area contributed by atoms with E-state index < -0.39 is 0 Å². The number of aromatic nitrogens is 1. The van der Waals surface area contributed by atoms with Gasteiger partial charge in [0.25, 0.3) is 5.91 Å². The van der Waals surface area contributed by atoms with Crippen molar-refractivity contribution in [2.75, 3.05) is 5.32 Å². The van der Waals surface area contributed by atoms with Crippen molar-refractivity contribution in [1.82, 2.24) is 10.3 Å². The number of nitrogens with zero attached hydrogens (tertiary/aromatic N) is 1. The van der Waals surface area contributed by atoms with Crippen LogP contribution >= 0.6 is 0 Å². The number of hydrogen-bond donors (Lipinski definition) is 2. The third kappa shape index (κ3) is 4.31. The van der Waals surface area contributed by atoms with Gasteiger partial charge in [-0.15, -0.1) is 0 Å². The summed E-state index contributed by atoms with van der Waals surface area (Å²) in [6.07, 6.45) is 2.70. The Hall–Kier alpha value is -2.36. The molecule has 2 N–H and O–H groups in total. The van der Waals surface area contributed by atoms with E-state index in [-0.39, 0.29) is 11.9 Å². The van der Waals surface area contributed by atoms with Gasteiger partial charge < -0.3 is 10.6 Å². The number of carbonyl (C=O) groups excluding carboxylic acids is 1. The number of hydrogen-bond acceptors (Lipinski definition) is 3. The average molecular weight is 283 g/mol. The summed E-state index contributed by atoms with van der Waals surface area (Å²) in [7, 11) is 0. The van der Waals surface area contributed by atoms with Crippen molar-refractivity contribution < 1.29 is 4.79 Å². The van der Waals surface area contributed by atoms with Crippen LogP contribution in [0.25, 0.3) is 0 Å². The fourth-order valence-corrected chi connectivity index (χ4v) is 1.93. The lowest BCUT2D eigenvalue weighted by atomic mass is 10.1. The maximum absolute atomic E-state index is 11.8. The highest BCUT2D eigenvalue weighted by atomic mass is 16.1. The van der Waals surface area contributed by atoms with E-state index in [0.717, 1.165) is 17.8 Å². The zero-order chi connectivity index (χ0) is 15.2. The van der Waals surface area contributed by atoms with Crippen LogP contribution in [0.15, 0.2) is 42.6 Å². The van der Waals surface area contributed by atoms with E-state index in [4.69, 9.17) is 0 Å². The molecule has 0 saturated heterocycles. The van der Waals surface area contributed by atoms with Crippen molar-refractivity contribution in [1.29, 1.82) is 0 Å². The molecule has 0 saturated carbocycles. The SMILES string of the molecule is CCc1ccc(Nc2ccc(C(=O)NC(C)C)nc2)cc1. The van der Waals surface area contributed by atoms with Gasteiger partial charge in [-0.25, -0.2) is 4.98 Å². The summed E-state index contributed by atoms with van der Waals surface area (Å²) < 4.78 is 0. The lowest BCUT2D eigenvalue weighted by molar-refractivity contribution is 0.0938. The van der Waals surface area contributed by atoms with Crippen molar-refractivity contribution in [3.8, 4) is 0 Å². The minimum atomic E-state index is -0.149. The molecule has 1 aromatic carbocycles. The van der Waals surface area contributed by atoms with Gasteiger partial charge in [-0.1, -0.05) is 19.1 Å². The van der Waals surface area contributed by atoms with E-state index in [1.54, 1.807) is 12.3 Å². The Bertz CT molecular complexity index is 588. The molecule has 0 radical (unpaired) electrons. The Kier molecular flexibility index (Phi) is 4.93. The minimum absolute atomic E-state index is 0.106. The second kappa shape index (κ2) is 6.88. The quantitative estimate of drug-likeness (QED) is 0.882. The Morgan fingerprint density at radius 2 is 1.76 bits per heavy atom. The summed E-state index contributed by atoms with van der Waals surface area (Å²) in [5.41, 5.74) is 3.60. The maximum atomic E-state index is 11.8. The van der Waals surface area contributed by atoms with Gasteiger partial charge in [-0.3, -0.25) is 4.79 Å². The average Bonchev–Trinajstić information content (AvgIpc) is 2.48. The highest BCUT2D eigenvalue weighted by Gasteiger charge is 2.08. The van der Waals surface area contributed by atoms with Gasteiger partial charge >= 0.3 is 0 Å². The molecule has 0 atom stereocenters. The number of nitrogens with one attached hydrogen (secondary N) is 2. The first-order valence-corrected chi connectivity index (χ1v) is 7.21. The molecule has 4 nitrogen and oxygen atoms in total. The van der Waals surface area contributed by atoms with Crippen molar-refractivity contribution >= 4 is 17.3 Å². The molecule has 0 bridgehead atoms. The smallest absolute Gasteiger partial charge is 0.270 e. The molecule has 1 heterocycles. The standard InChI is InChI=1S/C17H21N3O/c1-4-13-5-7-14(8-6-13)20-15-9-10-16(18-11-15)17(21)19-12(2)3/h5-12,20H,4H2,1-3H3,(H,19,21). The van der Waals surface area contributed by atoms with Crippen LogP contribution in [0.3, 0.4) is 0 Å². The van der Waals surface area contributed by atoms with E-state index in [2.05, 4.69) is 34.7 Å². The monoisotopic (exact) mass is 283 g/mol. The van der Waals surface area contributed by atoms with Gasteiger partial charge in [0.05, 0.1) is 11.9 Å². The normalized spacial score (nSPS) is 10.5. The fourth-order valence-electron chi connectivity index (χ4n) is 1.93. The Morgan fingerprint density at radius 3 is 2.29 bits per heavy atom. The number of aryl methyl sites for hydroxylation is 1. The maximum Gasteiger partial charge on any atom is 0.270 e. The van der Waals surface area contributed by atoms with Gasteiger partial charge in [0.2, 0.25) is 0 Å². The molecule has 110 valence electrons. The fraction of sp³-hybridized carbons (Fsp3) is 0.294. The second-order valence-corrected chi connectivity index (χ2v) is 5.24. The number of amides is 1. The summed E-state index contributed by atoms with van der Waals surface area (Å²) in [4.78, 5) is 16.0. The lowest BCUT2D eigenvalue weighted by Crippen LogP contribution is -2.30. The lowest BCUT2D eigenvalue weighted by Gasteiger charge is -2.09. The molecule has 21 heavy (non-hydrogen) atoms. The van der Waals surface area contributed by atoms with E-state index in [1.165, 1.54) is 5.56 Å². The highest BCUT2D eigenvalue weighted by Crippen LogP contribution is 2.16. The Labute approximate surface area is 125 Å². The zero-order valence-corrected chi connectivity index (χ0v) is 12.7. The van der Waals surface area contributed by atoms with Gasteiger partial charge in [-0.05, 0) is 50.1 Å². The number of rotatable bonds is 5. The Morgan fingerprint density at radius 1 is 1.10 bits per heavy atom. The summed E-state index contributed by atoms with van der Waals surface area (Å²) in [6.45, 7) is 5.98. The first-order chi connectivity index (χ1) is 10.1. The van der Waals surface area contributed by atoms with Crippen LogP contribution in [0.4, 0.5) is 11.4 Å². The molecule has 0 fully saturated rings. The number of pyridine rings is 1. The van der Waals surface area contributed by atoms with Gasteiger partial charge in [0.15, 0.2) is 0 Å². The topological polar surface area (TPSA) is 54.0 Å². The summed E-state index contributed by atoms with van der Waals surface area (Å²) >= 11 is 0. The van der Waals surface area contributed by atoms with Gasteiger partial charge in [0, 0.05) is 11.7 Å². The van der Waals surface area contributed by atoms with Crippen molar-refractivity contribution in [2.45, 2.75) is 33.2 Å². The highest BCUT2D eigenvalue weighted by molar-refractivity contribution is 5.92. The van der Waals surface area contributed by atoms with Gasteiger partial charge in [-0.2, -0.15) is 0 Å². The van der Waals surface area contributed by atoms with Crippen molar-refractivity contribution in [3.05, 3.63) is 53.9 Å². The zero-order valence-electron chi connectivity index (χ0n) is 12.7. The number of anilines is 2. The van der Waals surface area contributed by atoms with Crippen LogP contribution in [0.2, 0.25) is 0 Å². The number of carbonyl (C=O) groups is 1. The molecule has 2 aromatic rings. The number of benzene rings is 1. The molecule has 0 aliphatic rings. The summed E-state index contributed by atoms with van der Waals surface area (Å²) in [6, 6.07) is 12.0. The predicted molar refractivity (Wildman–Crippen MR) is 85.9 cm³/mol. The Balaban J connectivity index is 2.03. The first-order valence-electron chi connectivity index (χ1n) is 7.21. The molecule has 1 amide bonds. The first kappa shape index (κ1) is 15.0. The molecule has 2 rings (SSSR count). The van der Waals surface area contributed by atoms with E-state index in [1.807, 2.05) is 32.0 Å². The second-order valence-electron chi connectivity index (χ2n) is 5.24. The molecule has 4 heteroatoms. The van der Waals surface area contributed by atoms with Crippen molar-refractivity contribution in [2.24, 2.45) is 0 Å². The third-order valence-electron chi connectivity index (χ3n) is 3.07. The van der Waals surface area contributed by atoms with E-state index in [9.17, 15) is 4.79 Å².